The van der Waals surface area contributed by atoms with E-state index in [1.807, 2.05) is 19.9 Å². The molecule has 8 heteroatoms. The summed E-state index contributed by atoms with van der Waals surface area (Å²) in [4.78, 5) is 4.21. The van der Waals surface area contributed by atoms with Crippen molar-refractivity contribution >= 4 is 21.3 Å². The van der Waals surface area contributed by atoms with E-state index in [1.54, 1.807) is 24.6 Å². The van der Waals surface area contributed by atoms with Gasteiger partial charge in [-0.3, -0.25) is 4.21 Å². The van der Waals surface area contributed by atoms with Crippen LogP contribution in [0.25, 0.3) is 0 Å². The fourth-order valence-corrected chi connectivity index (χ4v) is 2.35. The van der Waals surface area contributed by atoms with Gasteiger partial charge in [0.15, 0.2) is 11.9 Å². The third-order valence-corrected chi connectivity index (χ3v) is 3.78. The molecule has 0 unspecified atom stereocenters. The summed E-state index contributed by atoms with van der Waals surface area (Å²) in [6.45, 7) is 3.87. The van der Waals surface area contributed by atoms with Crippen molar-refractivity contribution in [1.82, 2.24) is 10.1 Å². The van der Waals surface area contributed by atoms with E-state index in [1.165, 1.54) is 0 Å². The van der Waals surface area contributed by atoms with Crippen LogP contribution in [-0.4, -0.2) is 26.9 Å². The minimum atomic E-state index is -2.18. The van der Waals surface area contributed by atoms with Crippen LogP contribution in [0.15, 0.2) is 27.1 Å². The van der Waals surface area contributed by atoms with Crippen molar-refractivity contribution in [3.05, 3.63) is 40.5 Å². The zero-order chi connectivity index (χ0) is 16.3. The van der Waals surface area contributed by atoms with Crippen molar-refractivity contribution in [2.75, 3.05) is 12.5 Å². The Labute approximate surface area is 135 Å². The summed E-state index contributed by atoms with van der Waals surface area (Å²) in [6, 6.07) is 5.37. The largest absolute Gasteiger partial charge is 0.481 e. The Bertz CT molecular complexity index is 773. The zero-order valence-electron chi connectivity index (χ0n) is 12.9. The molecule has 0 saturated heterocycles. The summed E-state index contributed by atoms with van der Waals surface area (Å²) < 4.78 is 26.5. The van der Waals surface area contributed by atoms with Crippen LogP contribution in [0.3, 0.4) is 0 Å². The van der Waals surface area contributed by atoms with Gasteiger partial charge in [-0.2, -0.15) is 4.98 Å². The van der Waals surface area contributed by atoms with Gasteiger partial charge in [0.2, 0.25) is 0 Å². The molecule has 120 valence electrons. The van der Waals surface area contributed by atoms with Gasteiger partial charge in [0.1, 0.15) is 12.3 Å². The molecule has 0 aliphatic carbocycles. The van der Waals surface area contributed by atoms with Gasteiger partial charge in [0, 0.05) is 27.3 Å². The Morgan fingerprint density at radius 3 is 2.82 bits per heavy atom. The number of hydrogen-bond donors (Lipinski definition) is 0. The fourth-order valence-electron chi connectivity index (χ4n) is 1.70. The molecule has 2 rings (SSSR count). The van der Waals surface area contributed by atoms with E-state index >= 15 is 0 Å². The molecular formula is C14H18ClN3O3S. The van der Waals surface area contributed by atoms with Crippen molar-refractivity contribution < 1.29 is 13.5 Å². The zero-order valence-corrected chi connectivity index (χ0v) is 14.4. The number of ether oxygens (including phenoxy) is 1. The van der Waals surface area contributed by atoms with Gasteiger partial charge >= 0.3 is 0 Å². The van der Waals surface area contributed by atoms with E-state index in [2.05, 4.69) is 14.5 Å². The first kappa shape index (κ1) is 16.8. The van der Waals surface area contributed by atoms with E-state index in [0.717, 1.165) is 5.56 Å². The van der Waals surface area contributed by atoms with Crippen LogP contribution in [0.1, 0.15) is 30.3 Å². The second kappa shape index (κ2) is 6.66. The maximum atomic E-state index is 11.5. The van der Waals surface area contributed by atoms with Crippen LogP contribution in [0.5, 0.6) is 5.75 Å². The minimum absolute atomic E-state index is 0.155. The SMILES string of the molecule is Cc1cc(Cl)ccc1O[C@H](C)c1nc(CN=S(C)(C)=O)no1. The average molecular weight is 344 g/mol. The van der Waals surface area contributed by atoms with E-state index < -0.39 is 15.8 Å². The Hall–Kier alpha value is -1.60. The van der Waals surface area contributed by atoms with Crippen molar-refractivity contribution in [2.24, 2.45) is 4.36 Å². The van der Waals surface area contributed by atoms with Crippen molar-refractivity contribution in [1.29, 1.82) is 0 Å². The lowest BCUT2D eigenvalue weighted by atomic mass is 10.2. The molecule has 0 N–H and O–H groups in total. The summed E-state index contributed by atoms with van der Waals surface area (Å²) >= 11 is 5.91. The van der Waals surface area contributed by atoms with Crippen molar-refractivity contribution in [3.63, 3.8) is 0 Å². The molecular weight excluding hydrogens is 326 g/mol. The molecule has 2 aromatic rings. The van der Waals surface area contributed by atoms with Gasteiger partial charge in [0.05, 0.1) is 0 Å². The Kier molecular flexibility index (Phi) is 5.08. The van der Waals surface area contributed by atoms with Gasteiger partial charge in [-0.1, -0.05) is 16.8 Å². The number of nitrogens with zero attached hydrogens (tertiary/aromatic N) is 3. The fraction of sp³-hybridized carbons (Fsp3) is 0.429. The number of halogens is 1. The van der Waals surface area contributed by atoms with Crippen LogP contribution in [0.4, 0.5) is 0 Å². The highest BCUT2D eigenvalue weighted by molar-refractivity contribution is 7.92. The Balaban J connectivity index is 2.09. The average Bonchev–Trinajstić information content (AvgIpc) is 2.88. The third-order valence-electron chi connectivity index (χ3n) is 2.79. The summed E-state index contributed by atoms with van der Waals surface area (Å²) in [5.41, 5.74) is 0.922. The molecule has 6 nitrogen and oxygen atoms in total. The number of rotatable bonds is 5. The molecule has 1 atom stereocenters. The molecule has 0 radical (unpaired) electrons. The summed E-state index contributed by atoms with van der Waals surface area (Å²) in [5, 5.41) is 4.47. The number of benzene rings is 1. The highest BCUT2D eigenvalue weighted by Crippen LogP contribution is 2.26. The lowest BCUT2D eigenvalue weighted by Crippen LogP contribution is -2.04. The van der Waals surface area contributed by atoms with Gasteiger partial charge in [0.25, 0.3) is 5.89 Å². The predicted octanol–water partition coefficient (Wildman–Crippen LogP) is 3.40. The normalized spacial score (nSPS) is 13.0. The first-order chi connectivity index (χ1) is 10.2. The Morgan fingerprint density at radius 2 is 2.18 bits per heavy atom. The van der Waals surface area contributed by atoms with E-state index in [-0.39, 0.29) is 6.54 Å². The standard InChI is InChI=1S/C14H18ClN3O3S/c1-9-7-11(15)5-6-12(9)20-10(2)14-17-13(18-21-14)8-16-22(3,4)19/h5-7,10H,8H2,1-4H3/t10-/m1/s1. The second-order valence-corrected chi connectivity index (χ2v) is 8.24. The smallest absolute Gasteiger partial charge is 0.267 e. The van der Waals surface area contributed by atoms with Gasteiger partial charge in [-0.05, 0) is 37.6 Å². The van der Waals surface area contributed by atoms with Crippen LogP contribution in [0.2, 0.25) is 5.02 Å². The molecule has 0 spiro atoms. The van der Waals surface area contributed by atoms with E-state index in [9.17, 15) is 4.21 Å². The lowest BCUT2D eigenvalue weighted by molar-refractivity contribution is 0.174. The first-order valence-electron chi connectivity index (χ1n) is 6.63. The summed E-state index contributed by atoms with van der Waals surface area (Å²) in [5.74, 6) is 1.43. The van der Waals surface area contributed by atoms with Gasteiger partial charge in [-0.15, -0.1) is 0 Å². The summed E-state index contributed by atoms with van der Waals surface area (Å²) in [6.07, 6.45) is 2.71. The predicted molar refractivity (Wildman–Crippen MR) is 85.7 cm³/mol. The van der Waals surface area contributed by atoms with E-state index in [0.29, 0.717) is 22.5 Å². The number of aromatic nitrogens is 2. The van der Waals surface area contributed by atoms with Crippen molar-refractivity contribution in [3.8, 4) is 5.75 Å². The minimum Gasteiger partial charge on any atom is -0.481 e. The molecule has 1 heterocycles. The quantitative estimate of drug-likeness (QED) is 0.831. The van der Waals surface area contributed by atoms with E-state index in [4.69, 9.17) is 20.9 Å². The maximum Gasteiger partial charge on any atom is 0.267 e. The second-order valence-electron chi connectivity index (χ2n) is 5.19. The first-order valence-corrected chi connectivity index (χ1v) is 9.34. The van der Waals surface area contributed by atoms with Crippen LogP contribution in [-0.2, 0) is 16.3 Å². The Morgan fingerprint density at radius 1 is 1.45 bits per heavy atom. The van der Waals surface area contributed by atoms with Crippen LogP contribution >= 0.6 is 11.6 Å². The highest BCUT2D eigenvalue weighted by atomic mass is 35.5. The molecule has 0 bridgehead atoms. The molecule has 1 aromatic carbocycles. The molecule has 22 heavy (non-hydrogen) atoms. The molecule has 0 aliphatic rings. The topological polar surface area (TPSA) is 77.6 Å². The summed E-state index contributed by atoms with van der Waals surface area (Å²) in [7, 11) is -2.18. The number of hydrogen-bond acceptors (Lipinski definition) is 6. The monoisotopic (exact) mass is 343 g/mol. The van der Waals surface area contributed by atoms with Crippen LogP contribution in [0, 0.1) is 6.92 Å². The third kappa shape index (κ3) is 4.71. The highest BCUT2D eigenvalue weighted by Gasteiger charge is 2.17. The molecule has 1 aromatic heterocycles. The lowest BCUT2D eigenvalue weighted by Gasteiger charge is -2.13. The number of aryl methyl sites for hydroxylation is 1. The molecule has 0 fully saturated rings. The molecule has 0 saturated carbocycles. The van der Waals surface area contributed by atoms with Crippen molar-refractivity contribution in [2.45, 2.75) is 26.5 Å². The van der Waals surface area contributed by atoms with Crippen LogP contribution < -0.4 is 4.74 Å². The van der Waals surface area contributed by atoms with Gasteiger partial charge < -0.3 is 9.26 Å². The molecule has 0 aliphatic heterocycles. The maximum absolute atomic E-state index is 11.5. The van der Waals surface area contributed by atoms with Gasteiger partial charge in [-0.25, -0.2) is 4.36 Å². The molecule has 0 amide bonds.